The van der Waals surface area contributed by atoms with Crippen molar-refractivity contribution in [3.05, 3.63) is 0 Å². The Bertz CT molecular complexity index is 1070. The van der Waals surface area contributed by atoms with Crippen LogP contribution in [0.25, 0.3) is 0 Å². The molecule has 0 N–H and O–H groups in total. The van der Waals surface area contributed by atoms with E-state index >= 15 is 0 Å². The van der Waals surface area contributed by atoms with E-state index in [-0.39, 0.29) is 31.1 Å². The summed E-state index contributed by atoms with van der Waals surface area (Å²) in [6, 6.07) is 0. The molecule has 0 aromatic carbocycles. The number of esters is 3. The third-order valence-electron chi connectivity index (χ3n) is 14.4. The van der Waals surface area contributed by atoms with E-state index in [0.717, 1.165) is 75.5 Å². The summed E-state index contributed by atoms with van der Waals surface area (Å²) in [4.78, 5) is 38.2. The Balaban J connectivity index is 4.26. The van der Waals surface area contributed by atoms with E-state index in [0.29, 0.717) is 19.3 Å². The second kappa shape index (κ2) is 54.2. The molecule has 0 saturated heterocycles. The molecule has 0 radical (unpaired) electrons. The first kappa shape index (κ1) is 67.4. The average Bonchev–Trinajstić information content (AvgIpc) is 3.31. The van der Waals surface area contributed by atoms with Crippen LogP contribution in [0, 0.1) is 17.8 Å². The van der Waals surface area contributed by atoms with E-state index < -0.39 is 6.10 Å². The smallest absolute Gasteiger partial charge is 0.306 e. The summed E-state index contributed by atoms with van der Waals surface area (Å²) < 4.78 is 16.9. The summed E-state index contributed by atoms with van der Waals surface area (Å²) in [5.74, 6) is 1.69. The predicted molar refractivity (Wildman–Crippen MR) is 298 cm³/mol. The third-order valence-corrected chi connectivity index (χ3v) is 14.4. The Kier molecular flexibility index (Phi) is 52.9. The van der Waals surface area contributed by atoms with E-state index in [4.69, 9.17) is 14.2 Å². The summed E-state index contributed by atoms with van der Waals surface area (Å²) in [5, 5.41) is 0. The summed E-state index contributed by atoms with van der Waals surface area (Å²) in [6.07, 6.45) is 58.2. The first-order chi connectivity index (χ1) is 33.6. The lowest BCUT2D eigenvalue weighted by Gasteiger charge is -2.18. The number of unbranched alkanes of at least 4 members (excludes halogenated alkanes) is 39. The van der Waals surface area contributed by atoms with E-state index in [2.05, 4.69) is 41.5 Å². The van der Waals surface area contributed by atoms with Gasteiger partial charge >= 0.3 is 17.9 Å². The summed E-state index contributed by atoms with van der Waals surface area (Å²) in [5.41, 5.74) is 0. The molecule has 0 bridgehead atoms. The minimum absolute atomic E-state index is 0.0629. The number of carbonyl (C=O) groups excluding carboxylic acids is 3. The molecule has 0 unspecified atom stereocenters. The molecule has 0 spiro atoms. The van der Waals surface area contributed by atoms with Crippen LogP contribution in [0.3, 0.4) is 0 Å². The van der Waals surface area contributed by atoms with Gasteiger partial charge in [-0.25, -0.2) is 0 Å². The lowest BCUT2D eigenvalue weighted by atomic mass is 10.0. The number of hydrogen-bond acceptors (Lipinski definition) is 6. The topological polar surface area (TPSA) is 78.9 Å². The highest BCUT2D eigenvalue weighted by molar-refractivity contribution is 5.71. The fourth-order valence-corrected chi connectivity index (χ4v) is 9.71. The zero-order valence-electron chi connectivity index (χ0n) is 47.6. The van der Waals surface area contributed by atoms with Crippen molar-refractivity contribution in [3.63, 3.8) is 0 Å². The number of hydrogen-bond donors (Lipinski definition) is 0. The number of rotatable bonds is 56. The fourth-order valence-electron chi connectivity index (χ4n) is 9.71. The molecule has 0 aromatic rings. The van der Waals surface area contributed by atoms with Crippen molar-refractivity contribution in [3.8, 4) is 0 Å². The molecule has 6 heteroatoms. The second-order valence-electron chi connectivity index (χ2n) is 23.1. The van der Waals surface area contributed by atoms with Crippen molar-refractivity contribution in [1.82, 2.24) is 0 Å². The molecule has 0 fully saturated rings. The second-order valence-corrected chi connectivity index (χ2v) is 23.1. The molecular formula is C63H122O6. The maximum absolute atomic E-state index is 12.9. The van der Waals surface area contributed by atoms with Crippen LogP contribution in [0.1, 0.15) is 350 Å². The Morgan fingerprint density at radius 3 is 0.623 bits per heavy atom. The van der Waals surface area contributed by atoms with Crippen molar-refractivity contribution >= 4 is 17.9 Å². The summed E-state index contributed by atoms with van der Waals surface area (Å²) in [7, 11) is 0. The van der Waals surface area contributed by atoms with Gasteiger partial charge in [0, 0.05) is 19.3 Å². The molecule has 6 nitrogen and oxygen atoms in total. The van der Waals surface area contributed by atoms with Gasteiger partial charge in [0.15, 0.2) is 6.10 Å². The Hall–Kier alpha value is -1.59. The highest BCUT2D eigenvalue weighted by Gasteiger charge is 2.19. The van der Waals surface area contributed by atoms with E-state index in [1.807, 2.05) is 0 Å². The van der Waals surface area contributed by atoms with Crippen molar-refractivity contribution in [2.24, 2.45) is 17.8 Å². The molecule has 0 amide bonds. The molecule has 410 valence electrons. The van der Waals surface area contributed by atoms with Gasteiger partial charge in [0.1, 0.15) is 13.2 Å². The van der Waals surface area contributed by atoms with Crippen LogP contribution in [-0.4, -0.2) is 37.2 Å². The summed E-state index contributed by atoms with van der Waals surface area (Å²) in [6.45, 7) is 13.8. The first-order valence-electron chi connectivity index (χ1n) is 31.1. The van der Waals surface area contributed by atoms with Crippen LogP contribution >= 0.6 is 0 Å². The van der Waals surface area contributed by atoms with Gasteiger partial charge in [-0.05, 0) is 37.0 Å². The molecule has 0 rings (SSSR count). The van der Waals surface area contributed by atoms with Gasteiger partial charge < -0.3 is 14.2 Å². The van der Waals surface area contributed by atoms with Crippen molar-refractivity contribution in [2.75, 3.05) is 13.2 Å². The minimum atomic E-state index is -0.764. The summed E-state index contributed by atoms with van der Waals surface area (Å²) >= 11 is 0. The van der Waals surface area contributed by atoms with Crippen LogP contribution in [0.2, 0.25) is 0 Å². The largest absolute Gasteiger partial charge is 0.462 e. The van der Waals surface area contributed by atoms with Crippen LogP contribution in [0.4, 0.5) is 0 Å². The monoisotopic (exact) mass is 975 g/mol. The molecular weight excluding hydrogens is 853 g/mol. The molecule has 1 atom stereocenters. The molecule has 0 aromatic heterocycles. The lowest BCUT2D eigenvalue weighted by molar-refractivity contribution is -0.167. The Morgan fingerprint density at radius 1 is 0.246 bits per heavy atom. The zero-order chi connectivity index (χ0) is 50.5. The van der Waals surface area contributed by atoms with E-state index in [1.165, 1.54) is 231 Å². The van der Waals surface area contributed by atoms with Crippen LogP contribution in [0.15, 0.2) is 0 Å². The molecule has 0 aliphatic heterocycles. The van der Waals surface area contributed by atoms with Gasteiger partial charge in [-0.1, -0.05) is 311 Å². The maximum Gasteiger partial charge on any atom is 0.306 e. The molecule has 0 aliphatic rings. The standard InChI is InChI=1S/C63H122O6/c1-57(2)49-43-37-31-25-19-13-11-9-7-8-10-12-14-22-28-34-40-46-52-61(64)67-55-60(69-63(66)54-48-42-36-30-24-18-16-21-27-33-39-45-51-59(5)6)56-68-62(65)53-47-41-35-29-23-17-15-20-26-32-38-44-50-58(3)4/h57-60H,7-56H2,1-6H3/t60-/m1/s1. The van der Waals surface area contributed by atoms with Crippen LogP contribution in [-0.2, 0) is 28.6 Å². The van der Waals surface area contributed by atoms with Gasteiger partial charge in [0.2, 0.25) is 0 Å². The molecule has 69 heavy (non-hydrogen) atoms. The quantitative estimate of drug-likeness (QED) is 0.0343. The minimum Gasteiger partial charge on any atom is -0.462 e. The van der Waals surface area contributed by atoms with E-state index in [1.54, 1.807) is 0 Å². The SMILES string of the molecule is CC(C)CCCCCCCCCCCCCCCCCCCCC(=O)OC[C@H](COC(=O)CCCCCCCCCCCCCCC(C)C)OC(=O)CCCCCCCCCCCCCCC(C)C. The van der Waals surface area contributed by atoms with Crippen molar-refractivity contribution < 1.29 is 28.6 Å². The Labute approximate surface area is 431 Å². The molecule has 0 heterocycles. The van der Waals surface area contributed by atoms with Crippen molar-refractivity contribution in [2.45, 2.75) is 356 Å². The molecule has 0 saturated carbocycles. The van der Waals surface area contributed by atoms with E-state index in [9.17, 15) is 14.4 Å². The molecule has 0 aliphatic carbocycles. The number of carbonyl (C=O) groups is 3. The van der Waals surface area contributed by atoms with Gasteiger partial charge in [0.05, 0.1) is 0 Å². The normalized spacial score (nSPS) is 12.1. The fraction of sp³-hybridized carbons (Fsp3) is 0.952. The van der Waals surface area contributed by atoms with Gasteiger partial charge in [-0.2, -0.15) is 0 Å². The van der Waals surface area contributed by atoms with Gasteiger partial charge in [-0.3, -0.25) is 14.4 Å². The van der Waals surface area contributed by atoms with Crippen molar-refractivity contribution in [1.29, 1.82) is 0 Å². The van der Waals surface area contributed by atoms with Crippen LogP contribution in [0.5, 0.6) is 0 Å². The Morgan fingerprint density at radius 2 is 0.420 bits per heavy atom. The first-order valence-corrected chi connectivity index (χ1v) is 31.1. The maximum atomic E-state index is 12.9. The highest BCUT2D eigenvalue weighted by atomic mass is 16.6. The predicted octanol–water partition coefficient (Wildman–Crippen LogP) is 20.7. The average molecular weight is 976 g/mol. The zero-order valence-corrected chi connectivity index (χ0v) is 47.6. The van der Waals surface area contributed by atoms with Crippen LogP contribution < -0.4 is 0 Å². The number of ether oxygens (including phenoxy) is 3. The highest BCUT2D eigenvalue weighted by Crippen LogP contribution is 2.19. The third kappa shape index (κ3) is 57.2. The van der Waals surface area contributed by atoms with Gasteiger partial charge in [-0.15, -0.1) is 0 Å². The van der Waals surface area contributed by atoms with Gasteiger partial charge in [0.25, 0.3) is 0 Å². The lowest BCUT2D eigenvalue weighted by Crippen LogP contribution is -2.30.